The van der Waals surface area contributed by atoms with Crippen LogP contribution in [-0.2, 0) is 4.79 Å². The van der Waals surface area contributed by atoms with Crippen LogP contribution >= 0.6 is 11.8 Å². The van der Waals surface area contributed by atoms with Crippen LogP contribution in [0, 0.1) is 5.92 Å². The first kappa shape index (κ1) is 11.9. The molecule has 1 aliphatic rings. The molecule has 1 heterocycles. The Morgan fingerprint density at radius 3 is 2.71 bits per heavy atom. The smallest absolute Gasteiger partial charge is 0.320 e. The van der Waals surface area contributed by atoms with Crippen molar-refractivity contribution < 1.29 is 9.90 Å². The van der Waals surface area contributed by atoms with E-state index in [1.807, 2.05) is 11.8 Å². The second kappa shape index (κ2) is 5.61. The molecule has 0 spiro atoms. The summed E-state index contributed by atoms with van der Waals surface area (Å²) < 4.78 is 0. The quantitative estimate of drug-likeness (QED) is 0.755. The van der Waals surface area contributed by atoms with Gasteiger partial charge in [-0.3, -0.25) is 10.1 Å². The van der Waals surface area contributed by atoms with Crippen molar-refractivity contribution in [2.75, 3.05) is 5.75 Å². The van der Waals surface area contributed by atoms with Crippen LogP contribution in [0.3, 0.4) is 0 Å². The van der Waals surface area contributed by atoms with Crippen molar-refractivity contribution in [2.45, 2.75) is 44.5 Å². The van der Waals surface area contributed by atoms with E-state index in [1.54, 1.807) is 0 Å². The lowest BCUT2D eigenvalue weighted by Gasteiger charge is -2.33. The minimum atomic E-state index is -0.707. The fraction of sp³-hybridized carbons (Fsp3) is 0.900. The molecule has 0 bridgehead atoms. The van der Waals surface area contributed by atoms with E-state index >= 15 is 0 Å². The first-order valence-corrected chi connectivity index (χ1v) is 6.34. The number of hydrogen-bond donors (Lipinski definition) is 2. The predicted octanol–water partition coefficient (Wildman–Crippen LogP) is 1.93. The third kappa shape index (κ3) is 2.89. The minimum Gasteiger partial charge on any atom is -0.480 e. The van der Waals surface area contributed by atoms with Gasteiger partial charge in [0.15, 0.2) is 0 Å². The van der Waals surface area contributed by atoms with Crippen molar-refractivity contribution in [3.8, 4) is 0 Å². The number of rotatable bonds is 4. The summed E-state index contributed by atoms with van der Waals surface area (Å²) >= 11 is 1.87. The van der Waals surface area contributed by atoms with Crippen molar-refractivity contribution in [1.82, 2.24) is 5.32 Å². The molecule has 2 N–H and O–H groups in total. The zero-order valence-corrected chi connectivity index (χ0v) is 9.64. The van der Waals surface area contributed by atoms with Gasteiger partial charge in [0, 0.05) is 0 Å². The maximum absolute atomic E-state index is 10.8. The highest BCUT2D eigenvalue weighted by Crippen LogP contribution is 2.28. The number of aliphatic carboxylic acids is 1. The van der Waals surface area contributed by atoms with Crippen molar-refractivity contribution in [1.29, 1.82) is 0 Å². The highest BCUT2D eigenvalue weighted by Gasteiger charge is 2.29. The van der Waals surface area contributed by atoms with Gasteiger partial charge in [0.1, 0.15) is 6.04 Å². The minimum absolute atomic E-state index is 0.332. The maximum Gasteiger partial charge on any atom is 0.320 e. The lowest BCUT2D eigenvalue weighted by Crippen LogP contribution is -2.48. The molecule has 0 aromatic rings. The molecule has 0 amide bonds. The number of carboxylic acid groups (broad SMARTS) is 1. The van der Waals surface area contributed by atoms with E-state index in [1.165, 1.54) is 0 Å². The Labute approximate surface area is 89.6 Å². The molecular weight excluding hydrogens is 198 g/mol. The van der Waals surface area contributed by atoms with Gasteiger partial charge in [0.05, 0.1) is 5.37 Å². The number of carbonyl (C=O) groups is 1. The van der Waals surface area contributed by atoms with E-state index in [-0.39, 0.29) is 6.04 Å². The number of nitrogens with one attached hydrogen (secondary N) is 1. The van der Waals surface area contributed by atoms with Crippen molar-refractivity contribution in [3.05, 3.63) is 0 Å². The topological polar surface area (TPSA) is 49.3 Å². The summed E-state index contributed by atoms with van der Waals surface area (Å²) in [5.74, 6) is 0.855. The Morgan fingerprint density at radius 1 is 1.57 bits per heavy atom. The second-order valence-electron chi connectivity index (χ2n) is 3.71. The molecule has 2 unspecified atom stereocenters. The molecule has 1 fully saturated rings. The lowest BCUT2D eigenvalue weighted by molar-refractivity contribution is -0.139. The van der Waals surface area contributed by atoms with Crippen molar-refractivity contribution >= 4 is 17.7 Å². The Balaban J connectivity index is 2.50. The van der Waals surface area contributed by atoms with Gasteiger partial charge in [-0.05, 0) is 18.1 Å². The summed E-state index contributed by atoms with van der Waals surface area (Å²) in [6.07, 6.45) is 2.98. The second-order valence-corrected chi connectivity index (χ2v) is 4.96. The van der Waals surface area contributed by atoms with Crippen LogP contribution in [0.2, 0.25) is 0 Å². The van der Waals surface area contributed by atoms with Crippen molar-refractivity contribution in [3.63, 3.8) is 0 Å². The van der Waals surface area contributed by atoms with Crippen LogP contribution < -0.4 is 5.32 Å². The van der Waals surface area contributed by atoms with E-state index in [0.29, 0.717) is 11.3 Å². The SMILES string of the molecule is CCC(CC)C1NC(C(=O)O)CCS1. The first-order chi connectivity index (χ1) is 6.69. The monoisotopic (exact) mass is 217 g/mol. The summed E-state index contributed by atoms with van der Waals surface area (Å²) in [4.78, 5) is 10.8. The number of carboxylic acids is 1. The molecule has 0 aromatic heterocycles. The Bertz CT molecular complexity index is 195. The molecular formula is C10H19NO2S. The molecule has 0 aliphatic carbocycles. The van der Waals surface area contributed by atoms with Gasteiger partial charge in [0.25, 0.3) is 0 Å². The fourth-order valence-corrected chi connectivity index (χ4v) is 3.37. The van der Waals surface area contributed by atoms with Gasteiger partial charge >= 0.3 is 5.97 Å². The number of thioether (sulfide) groups is 1. The largest absolute Gasteiger partial charge is 0.480 e. The normalized spacial score (nSPS) is 27.9. The number of hydrogen-bond acceptors (Lipinski definition) is 3. The first-order valence-electron chi connectivity index (χ1n) is 5.29. The van der Waals surface area contributed by atoms with Crippen LogP contribution in [0.25, 0.3) is 0 Å². The highest BCUT2D eigenvalue weighted by molar-refractivity contribution is 7.99. The molecule has 14 heavy (non-hydrogen) atoms. The molecule has 1 saturated heterocycles. The van der Waals surface area contributed by atoms with Gasteiger partial charge in [-0.1, -0.05) is 26.7 Å². The van der Waals surface area contributed by atoms with Crippen LogP contribution in [0.15, 0.2) is 0 Å². The summed E-state index contributed by atoms with van der Waals surface area (Å²) in [6, 6.07) is -0.332. The molecule has 0 radical (unpaired) electrons. The van der Waals surface area contributed by atoms with Gasteiger partial charge in [-0.25, -0.2) is 0 Å². The van der Waals surface area contributed by atoms with Crippen LogP contribution in [0.5, 0.6) is 0 Å². The predicted molar refractivity (Wildman–Crippen MR) is 59.5 cm³/mol. The van der Waals surface area contributed by atoms with Gasteiger partial charge in [-0.15, -0.1) is 11.8 Å². The standard InChI is InChI=1S/C10H19NO2S/c1-3-7(4-2)9-11-8(10(12)13)5-6-14-9/h7-9,11H,3-6H2,1-2H3,(H,12,13). The summed E-state index contributed by atoms with van der Waals surface area (Å²) in [5.41, 5.74) is 0. The van der Waals surface area contributed by atoms with E-state index < -0.39 is 5.97 Å². The Hall–Kier alpha value is -0.220. The fourth-order valence-electron chi connectivity index (χ4n) is 1.83. The van der Waals surface area contributed by atoms with Crippen LogP contribution in [0.4, 0.5) is 0 Å². The maximum atomic E-state index is 10.8. The van der Waals surface area contributed by atoms with Crippen LogP contribution in [-0.4, -0.2) is 28.2 Å². The Kier molecular flexibility index (Phi) is 4.75. The van der Waals surface area contributed by atoms with E-state index in [0.717, 1.165) is 25.0 Å². The van der Waals surface area contributed by atoms with Crippen molar-refractivity contribution in [2.24, 2.45) is 5.92 Å². The molecule has 4 heteroatoms. The molecule has 3 nitrogen and oxygen atoms in total. The highest BCUT2D eigenvalue weighted by atomic mass is 32.2. The molecule has 1 aliphatic heterocycles. The lowest BCUT2D eigenvalue weighted by atomic mass is 10.0. The summed E-state index contributed by atoms with van der Waals surface area (Å²) in [5, 5.41) is 12.5. The van der Waals surface area contributed by atoms with E-state index in [4.69, 9.17) is 5.11 Å². The van der Waals surface area contributed by atoms with E-state index in [9.17, 15) is 4.79 Å². The average molecular weight is 217 g/mol. The van der Waals surface area contributed by atoms with E-state index in [2.05, 4.69) is 19.2 Å². The third-order valence-electron chi connectivity index (χ3n) is 2.84. The molecule has 0 saturated carbocycles. The molecule has 82 valence electrons. The Morgan fingerprint density at radius 2 is 2.21 bits per heavy atom. The van der Waals surface area contributed by atoms with Crippen LogP contribution in [0.1, 0.15) is 33.1 Å². The summed E-state index contributed by atoms with van der Waals surface area (Å²) in [6.45, 7) is 4.33. The molecule has 2 atom stereocenters. The summed E-state index contributed by atoms with van der Waals surface area (Å²) in [7, 11) is 0. The average Bonchev–Trinajstić information content (AvgIpc) is 2.20. The molecule has 0 aromatic carbocycles. The van der Waals surface area contributed by atoms with Gasteiger partial charge in [0.2, 0.25) is 0 Å². The van der Waals surface area contributed by atoms with Gasteiger partial charge < -0.3 is 5.11 Å². The molecule has 1 rings (SSSR count). The zero-order chi connectivity index (χ0) is 10.6. The zero-order valence-electron chi connectivity index (χ0n) is 8.82. The third-order valence-corrected chi connectivity index (χ3v) is 4.20. The van der Waals surface area contributed by atoms with Gasteiger partial charge in [-0.2, -0.15) is 0 Å².